The second kappa shape index (κ2) is 6.83. The van der Waals surface area contributed by atoms with E-state index in [1.807, 2.05) is 35.9 Å². The van der Waals surface area contributed by atoms with Crippen LogP contribution in [0.2, 0.25) is 0 Å². The molecule has 1 atom stereocenters. The number of nitrogens with two attached hydrogens (primary N) is 1. The first-order valence-corrected chi connectivity index (χ1v) is 7.40. The van der Waals surface area contributed by atoms with Crippen LogP contribution in [-0.2, 0) is 18.4 Å². The smallest absolute Gasteiger partial charge is 0.138 e. The Morgan fingerprint density at radius 1 is 1.29 bits per heavy atom. The first kappa shape index (κ1) is 15.7. The van der Waals surface area contributed by atoms with Crippen molar-refractivity contribution in [2.75, 3.05) is 13.2 Å². The Labute approximate surface area is 125 Å². The number of benzene rings is 1. The lowest BCUT2D eigenvalue weighted by Gasteiger charge is -2.31. The van der Waals surface area contributed by atoms with Crippen molar-refractivity contribution in [1.29, 1.82) is 0 Å². The van der Waals surface area contributed by atoms with Crippen molar-refractivity contribution in [1.82, 2.24) is 14.8 Å². The molecule has 0 aliphatic rings. The highest BCUT2D eigenvalue weighted by molar-refractivity contribution is 5.30. The summed E-state index contributed by atoms with van der Waals surface area (Å²) in [6, 6.07) is 8.18. The van der Waals surface area contributed by atoms with Crippen LogP contribution in [0.25, 0.3) is 0 Å². The molecule has 0 spiro atoms. The molecule has 21 heavy (non-hydrogen) atoms. The molecule has 5 nitrogen and oxygen atoms in total. The SMILES string of the molecule is CCCn1ncnc1CC(CN)(CO)c1ccc(C)cc1. The van der Waals surface area contributed by atoms with Gasteiger partial charge >= 0.3 is 0 Å². The van der Waals surface area contributed by atoms with Crippen LogP contribution in [0.4, 0.5) is 0 Å². The van der Waals surface area contributed by atoms with Crippen LogP contribution in [0.15, 0.2) is 30.6 Å². The van der Waals surface area contributed by atoms with Crippen LogP contribution in [0.1, 0.15) is 30.3 Å². The summed E-state index contributed by atoms with van der Waals surface area (Å²) in [5, 5.41) is 14.2. The second-order valence-electron chi connectivity index (χ2n) is 5.58. The predicted molar refractivity (Wildman–Crippen MR) is 83.0 cm³/mol. The largest absolute Gasteiger partial charge is 0.395 e. The Bertz CT molecular complexity index is 558. The molecular weight excluding hydrogens is 264 g/mol. The summed E-state index contributed by atoms with van der Waals surface area (Å²) in [7, 11) is 0. The maximum Gasteiger partial charge on any atom is 0.138 e. The molecule has 1 aromatic carbocycles. The lowest BCUT2D eigenvalue weighted by molar-refractivity contribution is 0.192. The number of hydrogen-bond acceptors (Lipinski definition) is 4. The third kappa shape index (κ3) is 3.31. The van der Waals surface area contributed by atoms with Crippen LogP contribution in [-0.4, -0.2) is 33.0 Å². The zero-order valence-corrected chi connectivity index (χ0v) is 12.8. The number of aromatic nitrogens is 3. The van der Waals surface area contributed by atoms with E-state index in [2.05, 4.69) is 17.0 Å². The fraction of sp³-hybridized carbons (Fsp3) is 0.500. The highest BCUT2D eigenvalue weighted by Crippen LogP contribution is 2.27. The molecule has 2 aromatic rings. The van der Waals surface area contributed by atoms with Crippen LogP contribution in [0, 0.1) is 6.92 Å². The molecule has 5 heteroatoms. The maximum atomic E-state index is 9.98. The maximum absolute atomic E-state index is 9.98. The highest BCUT2D eigenvalue weighted by Gasteiger charge is 2.32. The van der Waals surface area contributed by atoms with E-state index in [-0.39, 0.29) is 6.61 Å². The topological polar surface area (TPSA) is 77.0 Å². The first-order valence-electron chi connectivity index (χ1n) is 7.40. The van der Waals surface area contributed by atoms with Gasteiger partial charge in [-0.1, -0.05) is 36.8 Å². The van der Waals surface area contributed by atoms with E-state index in [1.54, 1.807) is 6.33 Å². The van der Waals surface area contributed by atoms with Crippen molar-refractivity contribution in [3.63, 3.8) is 0 Å². The molecule has 1 aromatic heterocycles. The third-order valence-corrected chi connectivity index (χ3v) is 3.98. The van der Waals surface area contributed by atoms with E-state index < -0.39 is 5.41 Å². The van der Waals surface area contributed by atoms with Crippen LogP contribution in [0.5, 0.6) is 0 Å². The first-order chi connectivity index (χ1) is 10.1. The minimum Gasteiger partial charge on any atom is -0.395 e. The van der Waals surface area contributed by atoms with Crippen LogP contribution in [0.3, 0.4) is 0 Å². The van der Waals surface area contributed by atoms with Crippen molar-refractivity contribution in [3.05, 3.63) is 47.5 Å². The summed E-state index contributed by atoms with van der Waals surface area (Å²) in [5.74, 6) is 0.872. The van der Waals surface area contributed by atoms with E-state index in [0.29, 0.717) is 13.0 Å². The average Bonchev–Trinajstić information content (AvgIpc) is 2.93. The Hall–Kier alpha value is -1.72. The van der Waals surface area contributed by atoms with Gasteiger partial charge in [-0.25, -0.2) is 4.98 Å². The number of rotatable bonds is 7. The molecule has 0 saturated carbocycles. The summed E-state index contributed by atoms with van der Waals surface area (Å²) in [6.07, 6.45) is 3.15. The van der Waals surface area contributed by atoms with Crippen LogP contribution >= 0.6 is 0 Å². The van der Waals surface area contributed by atoms with E-state index in [9.17, 15) is 5.11 Å². The van der Waals surface area contributed by atoms with Gasteiger partial charge in [0.05, 0.1) is 6.61 Å². The van der Waals surface area contributed by atoms with Gasteiger partial charge in [-0.15, -0.1) is 0 Å². The van der Waals surface area contributed by atoms with Gasteiger partial charge < -0.3 is 10.8 Å². The molecule has 0 saturated heterocycles. The van der Waals surface area contributed by atoms with E-state index >= 15 is 0 Å². The van der Waals surface area contributed by atoms with Gasteiger partial charge in [-0.2, -0.15) is 5.10 Å². The summed E-state index contributed by atoms with van der Waals surface area (Å²) in [5.41, 5.74) is 7.74. The number of aliphatic hydroxyl groups is 1. The van der Waals surface area contributed by atoms with Crippen molar-refractivity contribution >= 4 is 0 Å². The van der Waals surface area contributed by atoms with Gasteiger partial charge in [0.2, 0.25) is 0 Å². The van der Waals surface area contributed by atoms with Crippen molar-refractivity contribution < 1.29 is 5.11 Å². The third-order valence-electron chi connectivity index (χ3n) is 3.98. The summed E-state index contributed by atoms with van der Waals surface area (Å²) < 4.78 is 1.90. The summed E-state index contributed by atoms with van der Waals surface area (Å²) in [4.78, 5) is 4.34. The zero-order valence-electron chi connectivity index (χ0n) is 12.8. The monoisotopic (exact) mass is 288 g/mol. The molecule has 0 aliphatic carbocycles. The van der Waals surface area contributed by atoms with Crippen LogP contribution < -0.4 is 5.73 Å². The van der Waals surface area contributed by atoms with Crippen molar-refractivity contribution in [2.24, 2.45) is 5.73 Å². The minimum absolute atomic E-state index is 0.00839. The normalized spacial score (nSPS) is 14.1. The van der Waals surface area contributed by atoms with Gasteiger partial charge in [0, 0.05) is 24.9 Å². The quantitative estimate of drug-likeness (QED) is 0.808. The molecule has 2 rings (SSSR count). The lowest BCUT2D eigenvalue weighted by atomic mass is 9.78. The Morgan fingerprint density at radius 2 is 2.00 bits per heavy atom. The minimum atomic E-state index is -0.508. The molecule has 1 unspecified atom stereocenters. The molecule has 0 fully saturated rings. The van der Waals surface area contributed by atoms with E-state index in [4.69, 9.17) is 5.73 Å². The molecule has 0 bridgehead atoms. The van der Waals surface area contributed by atoms with Gasteiger partial charge in [0.15, 0.2) is 0 Å². The average molecular weight is 288 g/mol. The number of aryl methyl sites for hydroxylation is 2. The van der Waals surface area contributed by atoms with Gasteiger partial charge in [0.25, 0.3) is 0 Å². The fourth-order valence-electron chi connectivity index (χ4n) is 2.54. The number of hydrogen-bond donors (Lipinski definition) is 2. The lowest BCUT2D eigenvalue weighted by Crippen LogP contribution is -2.41. The van der Waals surface area contributed by atoms with Crippen molar-refractivity contribution in [2.45, 2.75) is 38.6 Å². The Morgan fingerprint density at radius 3 is 2.57 bits per heavy atom. The number of nitrogens with zero attached hydrogens (tertiary/aromatic N) is 3. The van der Waals surface area contributed by atoms with E-state index in [0.717, 1.165) is 24.4 Å². The Balaban J connectivity index is 2.33. The molecular formula is C16H24N4O. The molecule has 3 N–H and O–H groups in total. The van der Waals surface area contributed by atoms with Crippen molar-refractivity contribution in [3.8, 4) is 0 Å². The molecule has 114 valence electrons. The Kier molecular flexibility index (Phi) is 5.09. The van der Waals surface area contributed by atoms with E-state index in [1.165, 1.54) is 5.56 Å². The fourth-order valence-corrected chi connectivity index (χ4v) is 2.54. The van der Waals surface area contributed by atoms with Gasteiger partial charge in [0.1, 0.15) is 12.2 Å². The second-order valence-corrected chi connectivity index (χ2v) is 5.58. The molecule has 0 radical (unpaired) electrons. The molecule has 0 aliphatic heterocycles. The van der Waals surface area contributed by atoms with Gasteiger partial charge in [-0.05, 0) is 18.9 Å². The number of aliphatic hydroxyl groups excluding tert-OH is 1. The summed E-state index contributed by atoms with van der Waals surface area (Å²) in [6.45, 7) is 5.34. The summed E-state index contributed by atoms with van der Waals surface area (Å²) >= 11 is 0. The predicted octanol–water partition coefficient (Wildman–Crippen LogP) is 1.43. The highest BCUT2D eigenvalue weighted by atomic mass is 16.3. The molecule has 0 amide bonds. The van der Waals surface area contributed by atoms with Gasteiger partial charge in [-0.3, -0.25) is 4.68 Å². The zero-order chi connectivity index (χ0) is 15.3. The molecule has 1 heterocycles. The standard InChI is InChI=1S/C16H24N4O/c1-3-8-20-15(18-12-19-20)9-16(10-17,11-21)14-6-4-13(2)5-7-14/h4-7,12,21H,3,8-11,17H2,1-2H3.